The van der Waals surface area contributed by atoms with Gasteiger partial charge in [0.05, 0.1) is 6.61 Å². The number of benzene rings is 1. The predicted octanol–water partition coefficient (Wildman–Crippen LogP) is 1.95. The van der Waals surface area contributed by atoms with Gasteiger partial charge in [-0.25, -0.2) is 0 Å². The Balaban J connectivity index is 3.01. The van der Waals surface area contributed by atoms with Gasteiger partial charge in [0.15, 0.2) is 0 Å². The third-order valence-corrected chi connectivity index (χ3v) is 2.86. The normalized spacial score (nSPS) is 14.8. The van der Waals surface area contributed by atoms with E-state index in [1.54, 1.807) is 7.11 Å². The second-order valence-electron chi connectivity index (χ2n) is 4.11. The van der Waals surface area contributed by atoms with Gasteiger partial charge in [-0.2, -0.15) is 0 Å². The van der Waals surface area contributed by atoms with Crippen LogP contribution in [0, 0.1) is 0 Å². The lowest BCUT2D eigenvalue weighted by atomic mass is 9.95. The molecule has 1 aromatic rings. The van der Waals surface area contributed by atoms with Gasteiger partial charge in [-0.1, -0.05) is 32.0 Å². The monoisotopic (exact) mass is 223 g/mol. The summed E-state index contributed by atoms with van der Waals surface area (Å²) in [7, 11) is 1.69. The standard InChI is InChI=1S/C13H21NO2/c1-4-10-5-6-11(9(2)8-16-3)7-12(10)13(14)15/h5-7,9,13,15H,4,8,14H2,1-3H3. The lowest BCUT2D eigenvalue weighted by Gasteiger charge is -2.16. The molecule has 3 nitrogen and oxygen atoms in total. The minimum atomic E-state index is -0.898. The minimum Gasteiger partial charge on any atom is -0.384 e. The summed E-state index contributed by atoms with van der Waals surface area (Å²) in [4.78, 5) is 0. The van der Waals surface area contributed by atoms with Gasteiger partial charge in [-0.3, -0.25) is 0 Å². The van der Waals surface area contributed by atoms with Crippen LogP contribution in [0.15, 0.2) is 18.2 Å². The molecule has 2 atom stereocenters. The van der Waals surface area contributed by atoms with E-state index in [2.05, 4.69) is 19.9 Å². The van der Waals surface area contributed by atoms with E-state index in [1.165, 1.54) is 0 Å². The summed E-state index contributed by atoms with van der Waals surface area (Å²) in [5.41, 5.74) is 8.63. The molecule has 16 heavy (non-hydrogen) atoms. The van der Waals surface area contributed by atoms with Crippen LogP contribution in [0.4, 0.5) is 0 Å². The third-order valence-electron chi connectivity index (χ3n) is 2.86. The average Bonchev–Trinajstić information content (AvgIpc) is 2.28. The number of nitrogens with two attached hydrogens (primary N) is 1. The number of ether oxygens (including phenoxy) is 1. The maximum Gasteiger partial charge on any atom is 0.128 e. The van der Waals surface area contributed by atoms with Gasteiger partial charge in [0.25, 0.3) is 0 Å². The Hall–Kier alpha value is -0.900. The molecule has 0 aliphatic carbocycles. The SMILES string of the molecule is CCc1ccc(C(C)COC)cc1C(N)O. The first-order valence-corrected chi connectivity index (χ1v) is 5.65. The van der Waals surface area contributed by atoms with Crippen LogP contribution in [0.1, 0.15) is 42.7 Å². The number of hydrogen-bond acceptors (Lipinski definition) is 3. The second kappa shape index (κ2) is 5.99. The van der Waals surface area contributed by atoms with E-state index in [0.29, 0.717) is 12.5 Å². The quantitative estimate of drug-likeness (QED) is 0.750. The van der Waals surface area contributed by atoms with Crippen molar-refractivity contribution in [2.24, 2.45) is 5.73 Å². The molecule has 3 N–H and O–H groups in total. The van der Waals surface area contributed by atoms with Crippen LogP contribution in [0.3, 0.4) is 0 Å². The first kappa shape index (κ1) is 13.2. The molecule has 0 aliphatic rings. The van der Waals surface area contributed by atoms with Crippen molar-refractivity contribution in [2.45, 2.75) is 32.4 Å². The van der Waals surface area contributed by atoms with Gasteiger partial charge in [0.2, 0.25) is 0 Å². The minimum absolute atomic E-state index is 0.313. The third kappa shape index (κ3) is 3.04. The summed E-state index contributed by atoms with van der Waals surface area (Å²) < 4.78 is 5.12. The Morgan fingerprint density at radius 1 is 1.44 bits per heavy atom. The lowest BCUT2D eigenvalue weighted by Crippen LogP contribution is -2.12. The highest BCUT2D eigenvalue weighted by molar-refractivity contribution is 5.35. The van der Waals surface area contributed by atoms with E-state index in [4.69, 9.17) is 10.5 Å². The van der Waals surface area contributed by atoms with Crippen molar-refractivity contribution in [2.75, 3.05) is 13.7 Å². The highest BCUT2D eigenvalue weighted by Crippen LogP contribution is 2.22. The molecule has 0 aromatic heterocycles. The number of rotatable bonds is 5. The van der Waals surface area contributed by atoms with Crippen molar-refractivity contribution >= 4 is 0 Å². The zero-order valence-electron chi connectivity index (χ0n) is 10.2. The molecule has 0 aliphatic heterocycles. The average molecular weight is 223 g/mol. The van der Waals surface area contributed by atoms with Gasteiger partial charge >= 0.3 is 0 Å². The lowest BCUT2D eigenvalue weighted by molar-refractivity contribution is 0.181. The van der Waals surface area contributed by atoms with Crippen molar-refractivity contribution in [1.82, 2.24) is 0 Å². The Labute approximate surface area is 97.2 Å². The summed E-state index contributed by atoms with van der Waals surface area (Å²) >= 11 is 0. The van der Waals surface area contributed by atoms with Crippen LogP contribution in [0.2, 0.25) is 0 Å². The van der Waals surface area contributed by atoms with E-state index in [0.717, 1.165) is 23.1 Å². The molecule has 1 rings (SSSR count). The highest BCUT2D eigenvalue weighted by atomic mass is 16.5. The molecule has 0 radical (unpaired) electrons. The molecular weight excluding hydrogens is 202 g/mol. The highest BCUT2D eigenvalue weighted by Gasteiger charge is 2.11. The fourth-order valence-electron chi connectivity index (χ4n) is 1.86. The van der Waals surface area contributed by atoms with Crippen molar-refractivity contribution in [3.8, 4) is 0 Å². The van der Waals surface area contributed by atoms with Gasteiger partial charge in [0.1, 0.15) is 6.23 Å². The summed E-state index contributed by atoms with van der Waals surface area (Å²) in [5.74, 6) is 0.313. The number of aryl methyl sites for hydroxylation is 1. The van der Waals surface area contributed by atoms with Crippen molar-refractivity contribution in [1.29, 1.82) is 0 Å². The first-order chi connectivity index (χ1) is 7.60. The predicted molar refractivity (Wildman–Crippen MR) is 65.3 cm³/mol. The smallest absolute Gasteiger partial charge is 0.128 e. The van der Waals surface area contributed by atoms with Crippen molar-refractivity contribution in [3.05, 3.63) is 34.9 Å². The van der Waals surface area contributed by atoms with E-state index in [1.807, 2.05) is 12.1 Å². The molecule has 3 heteroatoms. The molecule has 90 valence electrons. The van der Waals surface area contributed by atoms with Crippen LogP contribution in [0.5, 0.6) is 0 Å². The fraction of sp³-hybridized carbons (Fsp3) is 0.538. The fourth-order valence-corrected chi connectivity index (χ4v) is 1.86. The number of aliphatic hydroxyl groups excluding tert-OH is 1. The van der Waals surface area contributed by atoms with Crippen LogP contribution in [-0.4, -0.2) is 18.8 Å². The van der Waals surface area contributed by atoms with E-state index in [9.17, 15) is 5.11 Å². The van der Waals surface area contributed by atoms with Crippen LogP contribution in [-0.2, 0) is 11.2 Å². The molecule has 0 bridgehead atoms. The summed E-state index contributed by atoms with van der Waals surface area (Å²) in [5, 5.41) is 9.52. The molecule has 0 amide bonds. The maximum absolute atomic E-state index is 9.52. The zero-order valence-corrected chi connectivity index (χ0v) is 10.2. The number of aliphatic hydroxyl groups is 1. The van der Waals surface area contributed by atoms with Crippen molar-refractivity contribution in [3.63, 3.8) is 0 Å². The molecule has 0 heterocycles. The summed E-state index contributed by atoms with van der Waals surface area (Å²) in [6, 6.07) is 6.09. The molecular formula is C13H21NO2. The Bertz CT molecular complexity index is 337. The first-order valence-electron chi connectivity index (χ1n) is 5.65. The Kier molecular flexibility index (Phi) is 4.93. The van der Waals surface area contributed by atoms with E-state index >= 15 is 0 Å². The van der Waals surface area contributed by atoms with Crippen LogP contribution < -0.4 is 5.73 Å². The molecule has 0 saturated carbocycles. The molecule has 0 saturated heterocycles. The van der Waals surface area contributed by atoms with Crippen LogP contribution in [0.25, 0.3) is 0 Å². The van der Waals surface area contributed by atoms with E-state index < -0.39 is 6.23 Å². The Morgan fingerprint density at radius 3 is 2.62 bits per heavy atom. The largest absolute Gasteiger partial charge is 0.384 e. The van der Waals surface area contributed by atoms with Gasteiger partial charge in [-0.15, -0.1) is 0 Å². The van der Waals surface area contributed by atoms with E-state index in [-0.39, 0.29) is 0 Å². The number of hydrogen-bond donors (Lipinski definition) is 2. The van der Waals surface area contributed by atoms with Gasteiger partial charge in [-0.05, 0) is 23.1 Å². The number of methoxy groups -OCH3 is 1. The Morgan fingerprint density at radius 2 is 2.12 bits per heavy atom. The molecule has 0 spiro atoms. The zero-order chi connectivity index (χ0) is 12.1. The molecule has 1 aromatic carbocycles. The van der Waals surface area contributed by atoms with Crippen LogP contribution >= 0.6 is 0 Å². The van der Waals surface area contributed by atoms with Gasteiger partial charge in [0, 0.05) is 13.0 Å². The molecule has 0 fully saturated rings. The van der Waals surface area contributed by atoms with Crippen molar-refractivity contribution < 1.29 is 9.84 Å². The van der Waals surface area contributed by atoms with Gasteiger partial charge < -0.3 is 15.6 Å². The second-order valence-corrected chi connectivity index (χ2v) is 4.11. The topological polar surface area (TPSA) is 55.5 Å². The maximum atomic E-state index is 9.52. The summed E-state index contributed by atoms with van der Waals surface area (Å²) in [6.45, 7) is 4.82. The molecule has 2 unspecified atom stereocenters. The summed E-state index contributed by atoms with van der Waals surface area (Å²) in [6.07, 6.45) is -0.0210.